The Hall–Kier alpha value is -1.78. The van der Waals surface area contributed by atoms with Crippen molar-refractivity contribution in [2.45, 2.75) is 58.8 Å². The number of ether oxygens (including phenoxy) is 1. The van der Waals surface area contributed by atoms with Crippen molar-refractivity contribution in [2.24, 2.45) is 11.8 Å². The second kappa shape index (κ2) is 10.3. The Morgan fingerprint density at radius 2 is 1.96 bits per heavy atom. The molecule has 1 aromatic rings. The van der Waals surface area contributed by atoms with Crippen molar-refractivity contribution in [2.75, 3.05) is 19.7 Å². The van der Waals surface area contributed by atoms with Gasteiger partial charge in [0.25, 0.3) is 5.91 Å². The van der Waals surface area contributed by atoms with Crippen molar-refractivity contribution < 1.29 is 18.7 Å². The summed E-state index contributed by atoms with van der Waals surface area (Å²) in [5.41, 5.74) is 0. The third-order valence-corrected chi connectivity index (χ3v) is 4.77. The van der Waals surface area contributed by atoms with E-state index in [-0.39, 0.29) is 23.7 Å². The van der Waals surface area contributed by atoms with Crippen molar-refractivity contribution in [1.29, 1.82) is 0 Å². The molecule has 0 N–H and O–H groups in total. The SMILES string of the molecule is CCCCCCCCN(CC1CC1C(=O)OCC)C(=O)c1ccco1. The second-order valence-corrected chi connectivity index (χ2v) is 6.85. The Morgan fingerprint density at radius 3 is 2.64 bits per heavy atom. The first-order valence-electron chi connectivity index (χ1n) is 9.66. The number of nitrogens with zero attached hydrogens (tertiary/aromatic N) is 1. The Bertz CT molecular complexity index is 526. The first-order valence-corrected chi connectivity index (χ1v) is 9.66. The zero-order chi connectivity index (χ0) is 18.1. The predicted octanol–water partition coefficient (Wildman–Crippen LogP) is 4.28. The summed E-state index contributed by atoms with van der Waals surface area (Å²) >= 11 is 0. The van der Waals surface area contributed by atoms with Gasteiger partial charge in [0, 0.05) is 13.1 Å². The number of esters is 1. The minimum Gasteiger partial charge on any atom is -0.466 e. The molecule has 0 spiro atoms. The molecule has 0 bridgehead atoms. The Kier molecular flexibility index (Phi) is 8.02. The number of furan rings is 1. The lowest BCUT2D eigenvalue weighted by Crippen LogP contribution is -2.34. The quantitative estimate of drug-likeness (QED) is 0.417. The van der Waals surface area contributed by atoms with E-state index in [9.17, 15) is 9.59 Å². The van der Waals surface area contributed by atoms with Crippen LogP contribution in [0, 0.1) is 11.8 Å². The van der Waals surface area contributed by atoms with Crippen LogP contribution < -0.4 is 0 Å². The smallest absolute Gasteiger partial charge is 0.309 e. The molecular weight excluding hydrogens is 318 g/mol. The molecule has 1 amide bonds. The molecule has 2 unspecified atom stereocenters. The number of rotatable bonds is 12. The molecule has 5 heteroatoms. The molecule has 25 heavy (non-hydrogen) atoms. The Labute approximate surface area is 150 Å². The highest BCUT2D eigenvalue weighted by Crippen LogP contribution is 2.40. The summed E-state index contributed by atoms with van der Waals surface area (Å²) in [6.07, 6.45) is 9.45. The van der Waals surface area contributed by atoms with Gasteiger partial charge in [-0.05, 0) is 37.8 Å². The van der Waals surface area contributed by atoms with Crippen LogP contribution in [0.4, 0.5) is 0 Å². The Balaban J connectivity index is 1.83. The molecule has 5 nitrogen and oxygen atoms in total. The van der Waals surface area contributed by atoms with Crippen LogP contribution in [0.25, 0.3) is 0 Å². The fourth-order valence-electron chi connectivity index (χ4n) is 3.19. The minimum absolute atomic E-state index is 0.0450. The number of carbonyl (C=O) groups is 2. The van der Waals surface area contributed by atoms with Gasteiger partial charge in [0.2, 0.25) is 0 Å². The molecule has 0 aliphatic heterocycles. The van der Waals surface area contributed by atoms with E-state index in [0.717, 1.165) is 25.8 Å². The lowest BCUT2D eigenvalue weighted by atomic mass is 10.1. The molecule has 1 fully saturated rings. The van der Waals surface area contributed by atoms with Crippen molar-refractivity contribution in [3.8, 4) is 0 Å². The number of hydrogen-bond donors (Lipinski definition) is 0. The molecule has 1 heterocycles. The van der Waals surface area contributed by atoms with E-state index < -0.39 is 0 Å². The normalized spacial score (nSPS) is 18.8. The van der Waals surface area contributed by atoms with Gasteiger partial charge in [-0.3, -0.25) is 9.59 Å². The molecule has 0 radical (unpaired) electrons. The van der Waals surface area contributed by atoms with Gasteiger partial charge in [0.05, 0.1) is 18.8 Å². The second-order valence-electron chi connectivity index (χ2n) is 6.85. The highest BCUT2D eigenvalue weighted by Gasteiger charge is 2.45. The molecule has 0 aromatic carbocycles. The van der Waals surface area contributed by atoms with Gasteiger partial charge in [0.1, 0.15) is 0 Å². The fraction of sp³-hybridized carbons (Fsp3) is 0.700. The van der Waals surface area contributed by atoms with Gasteiger partial charge in [-0.1, -0.05) is 39.0 Å². The molecule has 140 valence electrons. The van der Waals surface area contributed by atoms with Crippen molar-refractivity contribution in [1.82, 2.24) is 4.90 Å². The molecule has 1 aromatic heterocycles. The summed E-state index contributed by atoms with van der Waals surface area (Å²) in [5, 5.41) is 0. The summed E-state index contributed by atoms with van der Waals surface area (Å²) in [4.78, 5) is 26.3. The maximum atomic E-state index is 12.7. The van der Waals surface area contributed by atoms with E-state index in [2.05, 4.69) is 6.92 Å². The highest BCUT2D eigenvalue weighted by atomic mass is 16.5. The van der Waals surface area contributed by atoms with Crippen LogP contribution in [0.5, 0.6) is 0 Å². The van der Waals surface area contributed by atoms with Gasteiger partial charge in [-0.2, -0.15) is 0 Å². The third kappa shape index (κ3) is 6.22. The van der Waals surface area contributed by atoms with Gasteiger partial charge in [-0.15, -0.1) is 0 Å². The number of hydrogen-bond acceptors (Lipinski definition) is 4. The average Bonchev–Trinajstić information content (AvgIpc) is 3.16. The van der Waals surface area contributed by atoms with Crippen LogP contribution in [0.2, 0.25) is 0 Å². The van der Waals surface area contributed by atoms with E-state index in [1.54, 1.807) is 12.1 Å². The topological polar surface area (TPSA) is 59.8 Å². The summed E-state index contributed by atoms with van der Waals surface area (Å²) in [6.45, 7) is 5.77. The van der Waals surface area contributed by atoms with Gasteiger partial charge < -0.3 is 14.1 Å². The van der Waals surface area contributed by atoms with Crippen LogP contribution in [-0.2, 0) is 9.53 Å². The first kappa shape index (κ1) is 19.5. The fourth-order valence-corrected chi connectivity index (χ4v) is 3.19. The zero-order valence-corrected chi connectivity index (χ0v) is 15.5. The minimum atomic E-state index is -0.127. The highest BCUT2D eigenvalue weighted by molar-refractivity contribution is 5.91. The standard InChI is InChI=1S/C20H31NO4/c1-3-5-6-7-8-9-12-21(19(22)18-11-10-13-25-18)15-16-14-17(16)20(23)24-4-2/h10-11,13,16-17H,3-9,12,14-15H2,1-2H3. The molecular formula is C20H31NO4. The molecule has 0 saturated heterocycles. The molecule has 2 atom stereocenters. The maximum Gasteiger partial charge on any atom is 0.309 e. The van der Waals surface area contributed by atoms with E-state index in [4.69, 9.17) is 9.15 Å². The summed E-state index contributed by atoms with van der Waals surface area (Å²) < 4.78 is 10.4. The van der Waals surface area contributed by atoms with E-state index in [1.807, 2.05) is 11.8 Å². The van der Waals surface area contributed by atoms with Crippen LogP contribution in [0.1, 0.15) is 69.3 Å². The average molecular weight is 349 g/mol. The van der Waals surface area contributed by atoms with Gasteiger partial charge in [0.15, 0.2) is 5.76 Å². The summed E-state index contributed by atoms with van der Waals surface area (Å²) in [7, 11) is 0. The number of unbranched alkanes of at least 4 members (excludes halogenated alkanes) is 5. The van der Waals surface area contributed by atoms with Crippen LogP contribution in [0.3, 0.4) is 0 Å². The van der Waals surface area contributed by atoms with Crippen molar-refractivity contribution >= 4 is 11.9 Å². The van der Waals surface area contributed by atoms with E-state index >= 15 is 0 Å². The maximum absolute atomic E-state index is 12.7. The molecule has 1 aliphatic rings. The summed E-state index contributed by atoms with van der Waals surface area (Å²) in [5.74, 6) is 0.347. The van der Waals surface area contributed by atoms with Crippen LogP contribution in [-0.4, -0.2) is 36.5 Å². The number of amides is 1. The third-order valence-electron chi connectivity index (χ3n) is 4.77. The van der Waals surface area contributed by atoms with E-state index in [0.29, 0.717) is 18.9 Å². The number of carbonyl (C=O) groups excluding carboxylic acids is 2. The van der Waals surface area contributed by atoms with Crippen molar-refractivity contribution in [3.05, 3.63) is 24.2 Å². The molecule has 1 saturated carbocycles. The van der Waals surface area contributed by atoms with Crippen LogP contribution in [0.15, 0.2) is 22.8 Å². The molecule has 2 rings (SSSR count). The lowest BCUT2D eigenvalue weighted by molar-refractivity contribution is -0.145. The zero-order valence-electron chi connectivity index (χ0n) is 15.5. The first-order chi connectivity index (χ1) is 12.2. The Morgan fingerprint density at radius 1 is 1.20 bits per heavy atom. The van der Waals surface area contributed by atoms with Crippen molar-refractivity contribution in [3.63, 3.8) is 0 Å². The van der Waals surface area contributed by atoms with Crippen LogP contribution >= 0.6 is 0 Å². The molecule has 1 aliphatic carbocycles. The van der Waals surface area contributed by atoms with Gasteiger partial charge >= 0.3 is 5.97 Å². The monoisotopic (exact) mass is 349 g/mol. The van der Waals surface area contributed by atoms with E-state index in [1.165, 1.54) is 31.9 Å². The lowest BCUT2D eigenvalue weighted by Gasteiger charge is -2.22. The van der Waals surface area contributed by atoms with Gasteiger partial charge in [-0.25, -0.2) is 0 Å². The summed E-state index contributed by atoms with van der Waals surface area (Å²) in [6, 6.07) is 3.43. The largest absolute Gasteiger partial charge is 0.466 e. The predicted molar refractivity (Wildman–Crippen MR) is 96.2 cm³/mol.